The summed E-state index contributed by atoms with van der Waals surface area (Å²) < 4.78 is 0. The number of fused-ring (bicyclic) bond motifs is 1. The zero-order valence-corrected chi connectivity index (χ0v) is 14.6. The maximum atomic E-state index is 5.93. The fraction of sp³-hybridized carbons (Fsp3) is 0.632. The average molecular weight is 314 g/mol. The van der Waals surface area contributed by atoms with E-state index in [0.29, 0.717) is 0 Å². The lowest BCUT2D eigenvalue weighted by atomic mass is 9.94. The first-order valence-electron chi connectivity index (χ1n) is 9.17. The van der Waals surface area contributed by atoms with Crippen molar-refractivity contribution in [2.75, 3.05) is 0 Å². The van der Waals surface area contributed by atoms with Crippen molar-refractivity contribution in [2.24, 2.45) is 21.2 Å². The summed E-state index contributed by atoms with van der Waals surface area (Å²) in [7, 11) is 0. The molecule has 0 saturated carbocycles. The summed E-state index contributed by atoms with van der Waals surface area (Å²) in [6, 6.07) is 2.18. The van der Waals surface area contributed by atoms with Crippen molar-refractivity contribution < 1.29 is 0 Å². The third-order valence-corrected chi connectivity index (χ3v) is 4.57. The third-order valence-electron chi connectivity index (χ3n) is 4.57. The van der Waals surface area contributed by atoms with E-state index in [4.69, 9.17) is 5.73 Å². The lowest BCUT2D eigenvalue weighted by Crippen LogP contribution is -2.31. The number of nitrogens with two attached hydrogens (primary N) is 1. The van der Waals surface area contributed by atoms with E-state index in [1.54, 1.807) is 6.20 Å². The fourth-order valence-corrected chi connectivity index (χ4v) is 3.24. The summed E-state index contributed by atoms with van der Waals surface area (Å²) in [6.07, 6.45) is 14.0. The second-order valence-electron chi connectivity index (χ2n) is 6.37. The normalized spacial score (nSPS) is 13.4. The molecule has 2 rings (SSSR count). The molecule has 4 heteroatoms. The van der Waals surface area contributed by atoms with Gasteiger partial charge in [-0.1, -0.05) is 52.4 Å². The van der Waals surface area contributed by atoms with Crippen LogP contribution in [-0.4, -0.2) is 0 Å². The van der Waals surface area contributed by atoms with Crippen molar-refractivity contribution in [3.8, 4) is 0 Å². The van der Waals surface area contributed by atoms with Crippen molar-refractivity contribution in [1.29, 1.82) is 0 Å². The Balaban J connectivity index is 2.24. The molecule has 0 amide bonds. The maximum absolute atomic E-state index is 5.93. The van der Waals surface area contributed by atoms with Crippen LogP contribution in [0.1, 0.15) is 76.3 Å². The molecule has 0 atom stereocenters. The van der Waals surface area contributed by atoms with E-state index in [-0.39, 0.29) is 0 Å². The summed E-state index contributed by atoms with van der Waals surface area (Å²) in [5.41, 5.74) is 9.57. The monoisotopic (exact) mass is 314 g/mol. The van der Waals surface area contributed by atoms with Gasteiger partial charge in [0.25, 0.3) is 0 Å². The van der Waals surface area contributed by atoms with E-state index < -0.39 is 0 Å². The molecule has 0 aromatic heterocycles. The van der Waals surface area contributed by atoms with Crippen LogP contribution in [-0.2, 0) is 12.8 Å². The molecular weight excluding hydrogens is 284 g/mol. The number of aryl methyl sites for hydroxylation is 1. The number of benzene rings is 1. The van der Waals surface area contributed by atoms with Crippen molar-refractivity contribution in [1.82, 2.24) is 0 Å². The van der Waals surface area contributed by atoms with E-state index >= 15 is 0 Å². The van der Waals surface area contributed by atoms with Gasteiger partial charge < -0.3 is 5.73 Å². The van der Waals surface area contributed by atoms with Gasteiger partial charge in [-0.3, -0.25) is 0 Å². The highest BCUT2D eigenvalue weighted by Crippen LogP contribution is 2.19. The van der Waals surface area contributed by atoms with Crippen LogP contribution >= 0.6 is 0 Å². The molecule has 0 bridgehead atoms. The fourth-order valence-electron chi connectivity index (χ4n) is 3.24. The zero-order chi connectivity index (χ0) is 16.5. The Morgan fingerprint density at radius 2 is 1.65 bits per heavy atom. The van der Waals surface area contributed by atoms with E-state index in [2.05, 4.69) is 35.4 Å². The van der Waals surface area contributed by atoms with E-state index in [0.717, 1.165) is 29.1 Å². The van der Waals surface area contributed by atoms with Crippen LogP contribution in [0.3, 0.4) is 0 Å². The van der Waals surface area contributed by atoms with Crippen molar-refractivity contribution in [3.63, 3.8) is 0 Å². The SMILES string of the molecule is CCCCCCc1cc2c(c(=CN)c1CCCCCC)=NN=N2. The third kappa shape index (κ3) is 4.63. The van der Waals surface area contributed by atoms with Crippen LogP contribution in [0.4, 0.5) is 5.69 Å². The molecule has 0 fully saturated rings. The standard InChI is InChI=1S/C19H30N4/c1-3-5-7-9-11-15-13-18-19(22-23-21-18)17(14-20)16(15)12-10-8-6-4-2/h13-14H,3-12,20H2,1-2H3. The molecule has 4 nitrogen and oxygen atoms in total. The molecule has 1 aromatic rings. The predicted octanol–water partition coefficient (Wildman–Crippen LogP) is 4.26. The first kappa shape index (κ1) is 17.6. The predicted molar refractivity (Wildman–Crippen MR) is 96.1 cm³/mol. The molecule has 0 saturated heterocycles. The van der Waals surface area contributed by atoms with Crippen LogP contribution in [0, 0.1) is 0 Å². The molecule has 23 heavy (non-hydrogen) atoms. The molecule has 1 aliphatic rings. The van der Waals surface area contributed by atoms with Gasteiger partial charge in [-0.05, 0) is 48.1 Å². The second kappa shape index (κ2) is 9.43. The second-order valence-corrected chi connectivity index (χ2v) is 6.37. The Hall–Kier alpha value is -1.71. The van der Waals surface area contributed by atoms with Gasteiger partial charge in [-0.15, -0.1) is 10.2 Å². The van der Waals surface area contributed by atoms with Gasteiger partial charge >= 0.3 is 0 Å². The smallest absolute Gasteiger partial charge is 0.124 e. The van der Waals surface area contributed by atoms with Gasteiger partial charge in [0.05, 0.1) is 0 Å². The number of unbranched alkanes of at least 4 members (excludes halogenated alkanes) is 6. The molecule has 2 N–H and O–H groups in total. The van der Waals surface area contributed by atoms with Crippen LogP contribution in [0.5, 0.6) is 0 Å². The van der Waals surface area contributed by atoms with Gasteiger partial charge in [-0.25, -0.2) is 0 Å². The van der Waals surface area contributed by atoms with Crippen molar-refractivity contribution in [2.45, 2.75) is 78.1 Å². The highest BCUT2D eigenvalue weighted by Gasteiger charge is 2.13. The highest BCUT2D eigenvalue weighted by atomic mass is 15.4. The van der Waals surface area contributed by atoms with Crippen molar-refractivity contribution in [3.05, 3.63) is 27.8 Å². The molecule has 1 aliphatic heterocycles. The average Bonchev–Trinajstić information content (AvgIpc) is 3.03. The Bertz CT molecular complexity index is 646. The molecule has 0 spiro atoms. The molecule has 1 heterocycles. The Kier molecular flexibility index (Phi) is 7.24. The minimum atomic E-state index is 0.857. The van der Waals surface area contributed by atoms with Crippen molar-refractivity contribution >= 4 is 11.9 Å². The maximum Gasteiger partial charge on any atom is 0.124 e. The molecule has 0 radical (unpaired) electrons. The largest absolute Gasteiger partial charge is 0.404 e. The molecular formula is C19H30N4. The summed E-state index contributed by atoms with van der Waals surface area (Å²) in [4.78, 5) is 0. The van der Waals surface area contributed by atoms with Crippen LogP contribution < -0.4 is 16.3 Å². The van der Waals surface area contributed by atoms with Crippen LogP contribution in [0.15, 0.2) is 21.5 Å². The Morgan fingerprint density at radius 3 is 2.30 bits per heavy atom. The van der Waals surface area contributed by atoms with Crippen LogP contribution in [0.2, 0.25) is 0 Å². The first-order chi connectivity index (χ1) is 11.3. The number of rotatable bonds is 10. The van der Waals surface area contributed by atoms with Gasteiger partial charge in [0, 0.05) is 11.4 Å². The molecule has 0 aliphatic carbocycles. The lowest BCUT2D eigenvalue weighted by molar-refractivity contribution is 0.649. The number of nitrogens with zero attached hydrogens (tertiary/aromatic N) is 3. The Morgan fingerprint density at radius 1 is 0.957 bits per heavy atom. The van der Waals surface area contributed by atoms with E-state index in [1.165, 1.54) is 62.5 Å². The van der Waals surface area contributed by atoms with Gasteiger partial charge in [0.1, 0.15) is 11.0 Å². The highest BCUT2D eigenvalue weighted by molar-refractivity contribution is 5.48. The Labute approximate surface area is 139 Å². The molecule has 126 valence electrons. The lowest BCUT2D eigenvalue weighted by Gasteiger charge is -2.11. The minimum absolute atomic E-state index is 0.857. The molecule has 0 unspecified atom stereocenters. The summed E-state index contributed by atoms with van der Waals surface area (Å²) in [5, 5.41) is 14.1. The van der Waals surface area contributed by atoms with Gasteiger partial charge in [-0.2, -0.15) is 0 Å². The summed E-state index contributed by atoms with van der Waals surface area (Å²) in [6.45, 7) is 4.49. The van der Waals surface area contributed by atoms with Crippen LogP contribution in [0.25, 0.3) is 6.20 Å². The summed E-state index contributed by atoms with van der Waals surface area (Å²) in [5.74, 6) is 0. The minimum Gasteiger partial charge on any atom is -0.404 e. The topological polar surface area (TPSA) is 63.1 Å². The number of hydrogen-bond acceptors (Lipinski definition) is 4. The number of hydrogen-bond donors (Lipinski definition) is 1. The molecule has 1 aromatic carbocycles. The van der Waals surface area contributed by atoms with Gasteiger partial charge in [0.2, 0.25) is 0 Å². The van der Waals surface area contributed by atoms with E-state index in [1.807, 2.05) is 0 Å². The zero-order valence-electron chi connectivity index (χ0n) is 14.6. The van der Waals surface area contributed by atoms with Gasteiger partial charge in [0.15, 0.2) is 0 Å². The van der Waals surface area contributed by atoms with E-state index in [9.17, 15) is 0 Å². The first-order valence-corrected chi connectivity index (χ1v) is 9.17. The quantitative estimate of drug-likeness (QED) is 0.644. The summed E-state index contributed by atoms with van der Waals surface area (Å²) >= 11 is 0.